The summed E-state index contributed by atoms with van der Waals surface area (Å²) in [6, 6.07) is 5.36. The summed E-state index contributed by atoms with van der Waals surface area (Å²) in [6.07, 6.45) is 3.64. The second-order valence-corrected chi connectivity index (χ2v) is 9.41. The van der Waals surface area contributed by atoms with Crippen molar-refractivity contribution in [2.75, 3.05) is 59.0 Å². The fourth-order valence-electron chi connectivity index (χ4n) is 4.22. The lowest BCUT2D eigenvalue weighted by atomic mass is 10.1. The molecule has 1 aromatic heterocycles. The highest BCUT2D eigenvalue weighted by atomic mass is 127. The smallest absolute Gasteiger partial charge is 0.191 e. The minimum Gasteiger partial charge on any atom is -0.379 e. The second-order valence-electron chi connectivity index (χ2n) is 8.09. The van der Waals surface area contributed by atoms with E-state index in [0.29, 0.717) is 12.1 Å². The zero-order valence-electron chi connectivity index (χ0n) is 18.9. The maximum Gasteiger partial charge on any atom is 0.191 e. The van der Waals surface area contributed by atoms with Gasteiger partial charge in [0.25, 0.3) is 0 Å². The number of likely N-dealkylation sites (tertiary alicyclic amines) is 1. The van der Waals surface area contributed by atoms with E-state index in [-0.39, 0.29) is 24.0 Å². The molecular formula is C22H40IN5OS. The van der Waals surface area contributed by atoms with Crippen LogP contribution in [0.4, 0.5) is 0 Å². The molecule has 0 amide bonds. The summed E-state index contributed by atoms with van der Waals surface area (Å²) in [4.78, 5) is 12.9. The lowest BCUT2D eigenvalue weighted by Crippen LogP contribution is -2.49. The Morgan fingerprint density at radius 3 is 2.53 bits per heavy atom. The van der Waals surface area contributed by atoms with Gasteiger partial charge in [-0.3, -0.25) is 9.89 Å². The highest BCUT2D eigenvalue weighted by Crippen LogP contribution is 2.28. The molecule has 0 aliphatic carbocycles. The Kier molecular flexibility index (Phi) is 12.0. The fourth-order valence-corrected chi connectivity index (χ4v) is 5.22. The fraction of sp³-hybridized carbons (Fsp3) is 0.773. The van der Waals surface area contributed by atoms with E-state index in [1.54, 1.807) is 0 Å². The lowest BCUT2D eigenvalue weighted by molar-refractivity contribution is 0.0186. The number of aryl methyl sites for hydroxylation is 1. The van der Waals surface area contributed by atoms with Crippen molar-refractivity contribution in [3.63, 3.8) is 0 Å². The van der Waals surface area contributed by atoms with Gasteiger partial charge in [0.15, 0.2) is 5.96 Å². The predicted octanol–water partition coefficient (Wildman–Crippen LogP) is 3.48. The van der Waals surface area contributed by atoms with E-state index in [2.05, 4.69) is 53.3 Å². The first kappa shape index (κ1) is 25.8. The molecule has 1 aromatic rings. The Morgan fingerprint density at radius 1 is 1.20 bits per heavy atom. The Hall–Kier alpha value is -0.420. The van der Waals surface area contributed by atoms with Crippen molar-refractivity contribution in [1.82, 2.24) is 20.4 Å². The molecule has 2 aliphatic heterocycles. The summed E-state index contributed by atoms with van der Waals surface area (Å²) < 4.78 is 5.58. The van der Waals surface area contributed by atoms with Gasteiger partial charge in [-0.1, -0.05) is 6.92 Å². The Morgan fingerprint density at radius 2 is 1.93 bits per heavy atom. The van der Waals surface area contributed by atoms with E-state index in [0.717, 1.165) is 45.4 Å². The largest absolute Gasteiger partial charge is 0.379 e. The van der Waals surface area contributed by atoms with E-state index < -0.39 is 0 Å². The molecule has 6 nitrogen and oxygen atoms in total. The van der Waals surface area contributed by atoms with Crippen molar-refractivity contribution < 1.29 is 4.74 Å². The molecule has 1 unspecified atom stereocenters. The number of guanidine groups is 1. The van der Waals surface area contributed by atoms with Crippen LogP contribution in [-0.2, 0) is 4.74 Å². The summed E-state index contributed by atoms with van der Waals surface area (Å²) in [5.74, 6) is 0.966. The number of hydrogen-bond donors (Lipinski definition) is 2. The van der Waals surface area contributed by atoms with Gasteiger partial charge in [-0.15, -0.1) is 35.3 Å². The van der Waals surface area contributed by atoms with Crippen LogP contribution >= 0.6 is 35.3 Å². The molecule has 0 spiro atoms. The van der Waals surface area contributed by atoms with Crippen molar-refractivity contribution in [2.24, 2.45) is 4.99 Å². The van der Waals surface area contributed by atoms with E-state index >= 15 is 0 Å². The summed E-state index contributed by atoms with van der Waals surface area (Å²) in [5.41, 5.74) is 0. The summed E-state index contributed by atoms with van der Waals surface area (Å²) in [5, 5.41) is 7.17. The molecule has 3 heterocycles. The highest BCUT2D eigenvalue weighted by Gasteiger charge is 2.24. The maximum absolute atomic E-state index is 5.58. The molecule has 2 fully saturated rings. The number of morpholine rings is 1. The number of aliphatic imine (C=N–C) groups is 1. The third-order valence-electron chi connectivity index (χ3n) is 5.81. The highest BCUT2D eigenvalue weighted by molar-refractivity contribution is 14.0. The van der Waals surface area contributed by atoms with E-state index in [1.807, 2.05) is 11.3 Å². The van der Waals surface area contributed by atoms with Crippen LogP contribution in [0.5, 0.6) is 0 Å². The topological polar surface area (TPSA) is 52.1 Å². The van der Waals surface area contributed by atoms with Crippen molar-refractivity contribution in [3.05, 3.63) is 21.9 Å². The molecule has 0 bridgehead atoms. The summed E-state index contributed by atoms with van der Waals surface area (Å²) in [6.45, 7) is 15.5. The number of hydrogen-bond acceptors (Lipinski definition) is 5. The zero-order chi connectivity index (χ0) is 20.5. The van der Waals surface area contributed by atoms with Gasteiger partial charge in [-0.05, 0) is 51.8 Å². The van der Waals surface area contributed by atoms with Gasteiger partial charge in [0.05, 0.1) is 25.8 Å². The van der Waals surface area contributed by atoms with Crippen LogP contribution in [0.3, 0.4) is 0 Å². The zero-order valence-corrected chi connectivity index (χ0v) is 22.0. The Labute approximate surface area is 203 Å². The molecule has 2 aliphatic rings. The van der Waals surface area contributed by atoms with Gasteiger partial charge in [-0.25, -0.2) is 0 Å². The molecule has 0 saturated carbocycles. The summed E-state index contributed by atoms with van der Waals surface area (Å²) in [7, 11) is 0. The van der Waals surface area contributed by atoms with Gasteiger partial charge in [0.2, 0.25) is 0 Å². The van der Waals surface area contributed by atoms with Crippen LogP contribution in [0.25, 0.3) is 0 Å². The van der Waals surface area contributed by atoms with Crippen molar-refractivity contribution in [3.8, 4) is 0 Å². The van der Waals surface area contributed by atoms with Gasteiger partial charge in [0.1, 0.15) is 0 Å². The molecule has 2 N–H and O–H groups in total. The van der Waals surface area contributed by atoms with Crippen molar-refractivity contribution >= 4 is 41.3 Å². The number of nitrogens with one attached hydrogen (secondary N) is 2. The normalized spacial score (nSPS) is 20.6. The van der Waals surface area contributed by atoms with Crippen LogP contribution in [0.2, 0.25) is 0 Å². The lowest BCUT2D eigenvalue weighted by Gasteiger charge is -2.34. The quantitative estimate of drug-likeness (QED) is 0.296. The number of ether oxygens (including phenoxy) is 1. The average molecular weight is 550 g/mol. The van der Waals surface area contributed by atoms with Crippen LogP contribution in [0.15, 0.2) is 17.1 Å². The predicted molar refractivity (Wildman–Crippen MR) is 138 cm³/mol. The molecule has 8 heteroatoms. The first-order valence-corrected chi connectivity index (χ1v) is 12.2. The van der Waals surface area contributed by atoms with Crippen LogP contribution in [0.1, 0.15) is 48.9 Å². The minimum absolute atomic E-state index is 0. The van der Waals surface area contributed by atoms with E-state index in [4.69, 9.17) is 9.73 Å². The minimum atomic E-state index is 0. The van der Waals surface area contributed by atoms with Crippen LogP contribution in [-0.4, -0.2) is 80.8 Å². The molecular weight excluding hydrogens is 509 g/mol. The monoisotopic (exact) mass is 549 g/mol. The molecule has 1 atom stereocenters. The maximum atomic E-state index is 5.58. The van der Waals surface area contributed by atoms with Gasteiger partial charge < -0.3 is 20.3 Å². The number of thiophene rings is 1. The standard InChI is InChI=1S/C22H39N5OS.HI/c1-4-10-26-11-8-19(9-12-26)25-22(23-5-2)24-17-20(21-7-6-18(3)29-21)27-13-15-28-16-14-27;/h6-7,19-20H,4-5,8-17H2,1-3H3,(H2,23,24,25);1H. The van der Waals surface area contributed by atoms with Crippen LogP contribution in [0, 0.1) is 6.92 Å². The number of piperidine rings is 1. The van der Waals surface area contributed by atoms with Crippen molar-refractivity contribution in [2.45, 2.75) is 52.1 Å². The van der Waals surface area contributed by atoms with E-state index in [9.17, 15) is 0 Å². The molecule has 3 rings (SSSR count). The van der Waals surface area contributed by atoms with Gasteiger partial charge in [-0.2, -0.15) is 0 Å². The number of halogens is 1. The first-order valence-electron chi connectivity index (χ1n) is 11.3. The molecule has 30 heavy (non-hydrogen) atoms. The molecule has 0 aromatic carbocycles. The first-order chi connectivity index (χ1) is 14.2. The number of nitrogens with zero attached hydrogens (tertiary/aromatic N) is 3. The third-order valence-corrected chi connectivity index (χ3v) is 6.91. The van der Waals surface area contributed by atoms with Gasteiger partial charge in [0, 0.05) is 48.5 Å². The number of rotatable bonds is 8. The van der Waals surface area contributed by atoms with E-state index in [1.165, 1.54) is 48.7 Å². The SMILES string of the molecule is CCCN1CCC(NC(=NCC(c2ccc(C)s2)N2CCOCC2)NCC)CC1.I. The Balaban J connectivity index is 0.00000320. The Bertz CT molecular complexity index is 627. The molecule has 2 saturated heterocycles. The molecule has 0 radical (unpaired) electrons. The van der Waals surface area contributed by atoms with Crippen molar-refractivity contribution in [1.29, 1.82) is 0 Å². The van der Waals surface area contributed by atoms with Crippen LogP contribution < -0.4 is 10.6 Å². The summed E-state index contributed by atoms with van der Waals surface area (Å²) >= 11 is 1.90. The van der Waals surface area contributed by atoms with Gasteiger partial charge >= 0.3 is 0 Å². The average Bonchev–Trinajstić information content (AvgIpc) is 3.17. The second kappa shape index (κ2) is 13.9. The molecule has 172 valence electrons. The third kappa shape index (κ3) is 7.93.